The maximum Gasteiger partial charge on any atom is 0.251 e. The summed E-state index contributed by atoms with van der Waals surface area (Å²) in [6.07, 6.45) is 0. The Bertz CT molecular complexity index is 821. The highest BCUT2D eigenvalue weighted by molar-refractivity contribution is 5.94. The third-order valence-corrected chi connectivity index (χ3v) is 5.32. The number of carbonyl (C=O) groups is 1. The molecule has 0 unspecified atom stereocenters. The van der Waals surface area contributed by atoms with Gasteiger partial charge in [0.1, 0.15) is 6.61 Å². The Kier molecular flexibility index (Phi) is 9.82. The van der Waals surface area contributed by atoms with Crippen LogP contribution >= 0.6 is 0 Å². The van der Waals surface area contributed by atoms with Crippen molar-refractivity contribution in [1.82, 2.24) is 10.2 Å². The molecule has 2 rings (SSSR count). The highest BCUT2D eigenvalue weighted by Gasteiger charge is 2.15. The van der Waals surface area contributed by atoms with Gasteiger partial charge in [0.15, 0.2) is 11.5 Å². The Hall–Kier alpha value is -2.57. The molecular weight excluding hydrogens is 392 g/mol. The number of nitrogens with zero attached hydrogens (tertiary/aromatic N) is 1. The number of nitrogens with one attached hydrogen (secondary N) is 1. The van der Waals surface area contributed by atoms with Gasteiger partial charge in [-0.05, 0) is 62.7 Å². The third-order valence-electron chi connectivity index (χ3n) is 5.32. The third kappa shape index (κ3) is 7.26. The van der Waals surface area contributed by atoms with Crippen molar-refractivity contribution in [2.75, 3.05) is 34.0 Å². The predicted molar refractivity (Wildman–Crippen MR) is 124 cm³/mol. The molecule has 0 radical (unpaired) electrons. The number of benzene rings is 2. The zero-order chi connectivity index (χ0) is 22.8. The van der Waals surface area contributed by atoms with Gasteiger partial charge >= 0.3 is 0 Å². The summed E-state index contributed by atoms with van der Waals surface area (Å²) in [7, 11) is 3.24. The Morgan fingerprint density at radius 1 is 1.00 bits per heavy atom. The molecule has 31 heavy (non-hydrogen) atoms. The molecule has 2 aromatic carbocycles. The molecule has 6 heteroatoms. The molecule has 0 saturated heterocycles. The van der Waals surface area contributed by atoms with Gasteiger partial charge in [0.05, 0.1) is 19.8 Å². The van der Waals surface area contributed by atoms with Crippen molar-refractivity contribution in [1.29, 1.82) is 0 Å². The number of hydrogen-bond acceptors (Lipinski definition) is 5. The van der Waals surface area contributed by atoms with Crippen LogP contribution < -0.4 is 14.8 Å². The van der Waals surface area contributed by atoms with Crippen molar-refractivity contribution in [3.8, 4) is 11.5 Å². The second kappa shape index (κ2) is 12.3. The molecule has 1 atom stereocenters. The lowest BCUT2D eigenvalue weighted by Crippen LogP contribution is -2.30. The number of ether oxygens (including phenoxy) is 3. The molecule has 0 aliphatic heterocycles. The summed E-state index contributed by atoms with van der Waals surface area (Å²) < 4.78 is 16.1. The van der Waals surface area contributed by atoms with E-state index in [4.69, 9.17) is 14.2 Å². The summed E-state index contributed by atoms with van der Waals surface area (Å²) in [5.41, 5.74) is 2.79. The smallest absolute Gasteiger partial charge is 0.251 e. The molecule has 0 spiro atoms. The van der Waals surface area contributed by atoms with Crippen molar-refractivity contribution in [3.63, 3.8) is 0 Å². The van der Waals surface area contributed by atoms with Crippen LogP contribution in [0.15, 0.2) is 42.5 Å². The lowest BCUT2D eigenvalue weighted by atomic mass is 10.1. The SMILES string of the molecule is CCN(Cc1ccc(C(=O)N[C@@H](C)c2ccc(OCCOC)c(OC)c2)cc1)C(C)C. The summed E-state index contributed by atoms with van der Waals surface area (Å²) in [5.74, 6) is 1.18. The van der Waals surface area contributed by atoms with E-state index in [1.807, 2.05) is 49.4 Å². The molecule has 0 fully saturated rings. The first-order chi connectivity index (χ1) is 14.9. The molecule has 0 aliphatic rings. The van der Waals surface area contributed by atoms with Crippen LogP contribution in [-0.2, 0) is 11.3 Å². The summed E-state index contributed by atoms with van der Waals surface area (Å²) in [4.78, 5) is 15.1. The van der Waals surface area contributed by atoms with Crippen LogP contribution in [0.25, 0.3) is 0 Å². The van der Waals surface area contributed by atoms with Crippen molar-refractivity contribution in [3.05, 3.63) is 59.2 Å². The first kappa shape index (κ1) is 24.7. The van der Waals surface area contributed by atoms with Gasteiger partial charge in [-0.25, -0.2) is 0 Å². The average Bonchev–Trinajstić information content (AvgIpc) is 2.77. The average molecular weight is 429 g/mol. The minimum absolute atomic E-state index is 0.102. The van der Waals surface area contributed by atoms with Gasteiger partial charge in [-0.2, -0.15) is 0 Å². The lowest BCUT2D eigenvalue weighted by molar-refractivity contribution is 0.0939. The van der Waals surface area contributed by atoms with Crippen molar-refractivity contribution < 1.29 is 19.0 Å². The standard InChI is InChI=1S/C25H36N2O4/c1-7-27(18(2)3)17-20-8-10-21(11-9-20)25(28)26-19(4)22-12-13-23(24(16-22)30-6)31-15-14-29-5/h8-13,16,18-19H,7,14-15,17H2,1-6H3,(H,26,28)/t19-/m0/s1. The van der Waals surface area contributed by atoms with Gasteiger partial charge in [-0.15, -0.1) is 0 Å². The minimum Gasteiger partial charge on any atom is -0.493 e. The molecule has 1 amide bonds. The van der Waals surface area contributed by atoms with Crippen LogP contribution in [0, 0.1) is 0 Å². The number of rotatable bonds is 12. The second-order valence-electron chi connectivity index (χ2n) is 7.80. The highest BCUT2D eigenvalue weighted by Crippen LogP contribution is 2.30. The first-order valence-corrected chi connectivity index (χ1v) is 10.8. The van der Waals surface area contributed by atoms with Crippen LogP contribution in [-0.4, -0.2) is 50.8 Å². The summed E-state index contributed by atoms with van der Waals surface area (Å²) >= 11 is 0. The van der Waals surface area contributed by atoms with Crippen LogP contribution in [0.2, 0.25) is 0 Å². The molecule has 2 aromatic rings. The Morgan fingerprint density at radius 2 is 1.71 bits per heavy atom. The van der Waals surface area contributed by atoms with Gasteiger partial charge in [0, 0.05) is 25.3 Å². The predicted octanol–water partition coefficient (Wildman–Crippen LogP) is 4.44. The van der Waals surface area contributed by atoms with E-state index in [0.717, 1.165) is 18.7 Å². The zero-order valence-electron chi connectivity index (χ0n) is 19.6. The fourth-order valence-corrected chi connectivity index (χ4v) is 3.33. The van der Waals surface area contributed by atoms with E-state index >= 15 is 0 Å². The molecule has 0 aliphatic carbocycles. The van der Waals surface area contributed by atoms with Crippen LogP contribution in [0.3, 0.4) is 0 Å². The van der Waals surface area contributed by atoms with Gasteiger partial charge in [-0.3, -0.25) is 9.69 Å². The van der Waals surface area contributed by atoms with E-state index in [0.29, 0.717) is 36.3 Å². The minimum atomic E-state index is -0.175. The lowest BCUT2D eigenvalue weighted by Gasteiger charge is -2.24. The monoisotopic (exact) mass is 428 g/mol. The van der Waals surface area contributed by atoms with Crippen LogP contribution in [0.4, 0.5) is 0 Å². The molecule has 1 N–H and O–H groups in total. The van der Waals surface area contributed by atoms with E-state index in [-0.39, 0.29) is 11.9 Å². The Morgan fingerprint density at radius 3 is 2.29 bits per heavy atom. The van der Waals surface area contributed by atoms with E-state index < -0.39 is 0 Å². The topological polar surface area (TPSA) is 60.0 Å². The van der Waals surface area contributed by atoms with Gasteiger partial charge in [-0.1, -0.05) is 25.1 Å². The number of hydrogen-bond donors (Lipinski definition) is 1. The first-order valence-electron chi connectivity index (χ1n) is 10.8. The van der Waals surface area contributed by atoms with Crippen LogP contribution in [0.1, 0.15) is 55.2 Å². The summed E-state index contributed by atoms with van der Waals surface area (Å²) in [6.45, 7) is 11.3. The fraction of sp³-hybridized carbons (Fsp3) is 0.480. The van der Waals surface area contributed by atoms with E-state index in [2.05, 4.69) is 31.0 Å². The van der Waals surface area contributed by atoms with E-state index in [1.165, 1.54) is 5.56 Å². The zero-order valence-corrected chi connectivity index (χ0v) is 19.6. The fourth-order valence-electron chi connectivity index (χ4n) is 3.33. The van der Waals surface area contributed by atoms with E-state index in [1.54, 1.807) is 14.2 Å². The van der Waals surface area contributed by atoms with E-state index in [9.17, 15) is 4.79 Å². The summed E-state index contributed by atoms with van der Waals surface area (Å²) in [5, 5.41) is 3.06. The molecular formula is C25H36N2O4. The van der Waals surface area contributed by atoms with Crippen molar-refractivity contribution >= 4 is 5.91 Å². The molecule has 6 nitrogen and oxygen atoms in total. The molecule has 0 saturated carbocycles. The highest BCUT2D eigenvalue weighted by atomic mass is 16.5. The largest absolute Gasteiger partial charge is 0.493 e. The van der Waals surface area contributed by atoms with Gasteiger partial charge < -0.3 is 19.5 Å². The molecule has 0 aromatic heterocycles. The van der Waals surface area contributed by atoms with Gasteiger partial charge in [0.25, 0.3) is 5.91 Å². The molecule has 0 heterocycles. The second-order valence-corrected chi connectivity index (χ2v) is 7.80. The summed E-state index contributed by atoms with van der Waals surface area (Å²) in [6, 6.07) is 13.8. The Balaban J connectivity index is 2.01. The Labute approximate surface area is 186 Å². The quantitative estimate of drug-likeness (QED) is 0.507. The van der Waals surface area contributed by atoms with Gasteiger partial charge in [0.2, 0.25) is 0 Å². The number of amides is 1. The number of carbonyl (C=O) groups excluding carboxylic acids is 1. The normalized spacial score (nSPS) is 12.1. The van der Waals surface area contributed by atoms with Crippen LogP contribution in [0.5, 0.6) is 11.5 Å². The molecule has 0 bridgehead atoms. The maximum absolute atomic E-state index is 12.7. The number of methoxy groups -OCH3 is 2. The maximum atomic E-state index is 12.7. The molecule has 170 valence electrons. The van der Waals surface area contributed by atoms with Crippen molar-refractivity contribution in [2.24, 2.45) is 0 Å². The van der Waals surface area contributed by atoms with Crippen molar-refractivity contribution in [2.45, 2.75) is 46.3 Å².